The highest BCUT2D eigenvalue weighted by Crippen LogP contribution is 2.22. The topological polar surface area (TPSA) is 80.9 Å². The van der Waals surface area contributed by atoms with Gasteiger partial charge in [0.1, 0.15) is 11.5 Å². The first-order valence-corrected chi connectivity index (χ1v) is 9.02. The van der Waals surface area contributed by atoms with Crippen molar-refractivity contribution in [1.29, 1.82) is 0 Å². The van der Waals surface area contributed by atoms with Gasteiger partial charge in [-0.2, -0.15) is 5.10 Å². The fourth-order valence-corrected chi connectivity index (χ4v) is 2.59. The number of carbonyl (C=O) groups is 2. The largest absolute Gasteiger partial charge is 0.465 e. The van der Waals surface area contributed by atoms with Crippen LogP contribution in [0.3, 0.4) is 0 Å². The summed E-state index contributed by atoms with van der Waals surface area (Å²) in [5.41, 5.74) is 3.45. The van der Waals surface area contributed by atoms with Gasteiger partial charge in [-0.1, -0.05) is 34.1 Å². The molecule has 1 heterocycles. The van der Waals surface area contributed by atoms with Crippen molar-refractivity contribution in [3.63, 3.8) is 0 Å². The summed E-state index contributed by atoms with van der Waals surface area (Å²) in [5.74, 6) is -0.0679. The summed E-state index contributed by atoms with van der Waals surface area (Å²) in [6.45, 7) is 0. The number of hydrogen-bond donors (Lipinski definition) is 1. The third kappa shape index (κ3) is 5.52. The van der Waals surface area contributed by atoms with Crippen molar-refractivity contribution < 1.29 is 18.7 Å². The first-order chi connectivity index (χ1) is 13.6. The van der Waals surface area contributed by atoms with Gasteiger partial charge in [-0.05, 0) is 48.5 Å². The van der Waals surface area contributed by atoms with Gasteiger partial charge in [-0.25, -0.2) is 10.2 Å². The van der Waals surface area contributed by atoms with E-state index in [9.17, 15) is 9.59 Å². The van der Waals surface area contributed by atoms with Gasteiger partial charge in [0.2, 0.25) is 0 Å². The third-order valence-electron chi connectivity index (χ3n) is 3.51. The van der Waals surface area contributed by atoms with Crippen LogP contribution in [-0.4, -0.2) is 18.1 Å². The Hall–Kier alpha value is -3.45. The lowest BCUT2D eigenvalue weighted by Crippen LogP contribution is -2.17. The number of halogens is 1. The zero-order valence-corrected chi connectivity index (χ0v) is 16.1. The van der Waals surface area contributed by atoms with E-state index >= 15 is 0 Å². The van der Waals surface area contributed by atoms with Gasteiger partial charge in [0, 0.05) is 21.7 Å². The Labute approximate surface area is 169 Å². The van der Waals surface area contributed by atoms with Crippen molar-refractivity contribution in [3.8, 4) is 5.75 Å². The van der Waals surface area contributed by atoms with Crippen molar-refractivity contribution in [3.05, 3.63) is 94.4 Å². The molecule has 28 heavy (non-hydrogen) atoms. The molecule has 0 radical (unpaired) electrons. The first kappa shape index (κ1) is 19.3. The molecule has 0 aliphatic heterocycles. The molecule has 0 saturated carbocycles. The Morgan fingerprint density at radius 2 is 1.89 bits per heavy atom. The Kier molecular flexibility index (Phi) is 6.54. The molecule has 1 aromatic heterocycles. The maximum Gasteiger partial charge on any atom is 0.336 e. The molecule has 0 unspecified atom stereocenters. The molecule has 0 spiro atoms. The van der Waals surface area contributed by atoms with Gasteiger partial charge in [-0.3, -0.25) is 4.79 Å². The third-order valence-corrected chi connectivity index (χ3v) is 4.01. The highest BCUT2D eigenvalue weighted by Gasteiger charge is 2.08. The lowest BCUT2D eigenvalue weighted by Gasteiger charge is -2.06. The summed E-state index contributed by atoms with van der Waals surface area (Å²) in [7, 11) is 0. The lowest BCUT2D eigenvalue weighted by molar-refractivity contribution is -0.128. The number of hydrazone groups is 1. The number of hydrogen-bond acceptors (Lipinski definition) is 5. The molecule has 3 rings (SSSR count). The molecule has 6 nitrogen and oxygen atoms in total. The predicted molar refractivity (Wildman–Crippen MR) is 109 cm³/mol. The van der Waals surface area contributed by atoms with Crippen LogP contribution in [0.4, 0.5) is 0 Å². The molecule has 0 aliphatic carbocycles. The summed E-state index contributed by atoms with van der Waals surface area (Å²) in [4.78, 5) is 24.1. The first-order valence-electron chi connectivity index (χ1n) is 8.23. The van der Waals surface area contributed by atoms with Gasteiger partial charge in [0.25, 0.3) is 5.91 Å². The SMILES string of the molecule is O=C(/C=C/c1ccco1)Oc1ccc(Br)cc1/C=N\NC(=O)c1ccccc1. The maximum atomic E-state index is 12.0. The van der Waals surface area contributed by atoms with Crippen molar-refractivity contribution in [2.75, 3.05) is 0 Å². The quantitative estimate of drug-likeness (QED) is 0.203. The monoisotopic (exact) mass is 438 g/mol. The molecular formula is C21H15BrN2O4. The van der Waals surface area contributed by atoms with Gasteiger partial charge >= 0.3 is 5.97 Å². The van der Waals surface area contributed by atoms with E-state index in [1.165, 1.54) is 24.6 Å². The Morgan fingerprint density at radius 3 is 2.64 bits per heavy atom. The molecule has 7 heteroatoms. The molecule has 2 aromatic carbocycles. The Balaban J connectivity index is 1.68. The fourth-order valence-electron chi connectivity index (χ4n) is 2.21. The number of amides is 1. The summed E-state index contributed by atoms with van der Waals surface area (Å²) in [6.07, 6.45) is 5.69. The van der Waals surface area contributed by atoms with Crippen LogP contribution in [-0.2, 0) is 4.79 Å². The Morgan fingerprint density at radius 1 is 1.07 bits per heavy atom. The normalized spacial score (nSPS) is 11.0. The van der Waals surface area contributed by atoms with E-state index in [1.807, 2.05) is 6.07 Å². The van der Waals surface area contributed by atoms with Crippen LogP contribution in [0.1, 0.15) is 21.7 Å². The number of nitrogens with zero attached hydrogens (tertiary/aromatic N) is 1. The second-order valence-corrected chi connectivity index (χ2v) is 6.43. The fraction of sp³-hybridized carbons (Fsp3) is 0. The van der Waals surface area contributed by atoms with E-state index < -0.39 is 5.97 Å². The molecule has 0 atom stereocenters. The van der Waals surface area contributed by atoms with Gasteiger partial charge in [-0.15, -0.1) is 0 Å². The van der Waals surface area contributed by atoms with E-state index in [-0.39, 0.29) is 5.91 Å². The zero-order chi connectivity index (χ0) is 19.8. The maximum absolute atomic E-state index is 12.0. The summed E-state index contributed by atoms with van der Waals surface area (Å²) >= 11 is 3.36. The van der Waals surface area contributed by atoms with E-state index in [2.05, 4.69) is 26.5 Å². The summed E-state index contributed by atoms with van der Waals surface area (Å²) in [6, 6.07) is 17.2. The van der Waals surface area contributed by atoms with Crippen LogP contribution in [0, 0.1) is 0 Å². The molecular weight excluding hydrogens is 424 g/mol. The minimum atomic E-state index is -0.568. The number of benzene rings is 2. The molecule has 1 N–H and O–H groups in total. The molecule has 0 aliphatic rings. The number of rotatable bonds is 6. The molecule has 3 aromatic rings. The molecule has 140 valence electrons. The van der Waals surface area contributed by atoms with E-state index in [4.69, 9.17) is 9.15 Å². The lowest BCUT2D eigenvalue weighted by atomic mass is 10.2. The molecule has 0 fully saturated rings. The second-order valence-electron chi connectivity index (χ2n) is 5.52. The highest BCUT2D eigenvalue weighted by atomic mass is 79.9. The van der Waals surface area contributed by atoms with Crippen molar-refractivity contribution in [2.24, 2.45) is 5.10 Å². The van der Waals surface area contributed by atoms with Crippen LogP contribution in [0.25, 0.3) is 6.08 Å². The summed E-state index contributed by atoms with van der Waals surface area (Å²) < 4.78 is 11.2. The minimum absolute atomic E-state index is 0.301. The minimum Gasteiger partial charge on any atom is -0.465 e. The zero-order valence-electron chi connectivity index (χ0n) is 14.5. The highest BCUT2D eigenvalue weighted by molar-refractivity contribution is 9.10. The van der Waals surface area contributed by atoms with Crippen LogP contribution in [0.2, 0.25) is 0 Å². The van der Waals surface area contributed by atoms with Gasteiger partial charge in [0.15, 0.2) is 0 Å². The molecule has 0 saturated heterocycles. The number of ether oxygens (including phenoxy) is 1. The van der Waals surface area contributed by atoms with Crippen molar-refractivity contribution >= 4 is 40.1 Å². The second kappa shape index (κ2) is 9.48. The van der Waals surface area contributed by atoms with Crippen LogP contribution in [0.15, 0.2) is 87.0 Å². The molecule has 0 bridgehead atoms. The van der Waals surface area contributed by atoms with Gasteiger partial charge < -0.3 is 9.15 Å². The van der Waals surface area contributed by atoms with E-state index in [1.54, 1.807) is 54.6 Å². The predicted octanol–water partition coefficient (Wildman–Crippen LogP) is 4.42. The average molecular weight is 439 g/mol. The number of esters is 1. The van der Waals surface area contributed by atoms with Gasteiger partial charge in [0.05, 0.1) is 12.5 Å². The Bertz CT molecular complexity index is 1010. The van der Waals surface area contributed by atoms with Crippen molar-refractivity contribution in [1.82, 2.24) is 5.43 Å². The van der Waals surface area contributed by atoms with E-state index in [0.717, 1.165) is 4.47 Å². The smallest absolute Gasteiger partial charge is 0.336 e. The standard InChI is InChI=1S/C21H15BrN2O4/c22-17-8-10-19(28-20(25)11-9-18-7-4-12-27-18)16(13-17)14-23-24-21(26)15-5-2-1-3-6-15/h1-14H,(H,24,26)/b11-9+,23-14-. The summed E-state index contributed by atoms with van der Waals surface area (Å²) in [5, 5.41) is 3.94. The average Bonchev–Trinajstić information content (AvgIpc) is 3.22. The number of nitrogens with one attached hydrogen (secondary N) is 1. The number of carbonyl (C=O) groups excluding carboxylic acids is 2. The van der Waals surface area contributed by atoms with Crippen LogP contribution in [0.5, 0.6) is 5.75 Å². The van der Waals surface area contributed by atoms with E-state index in [0.29, 0.717) is 22.6 Å². The molecule has 1 amide bonds. The number of furan rings is 1. The van der Waals surface area contributed by atoms with Crippen molar-refractivity contribution in [2.45, 2.75) is 0 Å². The van der Waals surface area contributed by atoms with Crippen LogP contribution >= 0.6 is 15.9 Å². The van der Waals surface area contributed by atoms with Crippen LogP contribution < -0.4 is 10.2 Å².